The summed E-state index contributed by atoms with van der Waals surface area (Å²) in [5, 5.41) is 7.00. The molecule has 3 heterocycles. The zero-order valence-electron chi connectivity index (χ0n) is 17.8. The molecule has 168 valence electrons. The molecule has 2 unspecified atom stereocenters. The highest BCUT2D eigenvalue weighted by molar-refractivity contribution is 7.05. The molecule has 0 saturated heterocycles. The molecule has 0 radical (unpaired) electrons. The highest BCUT2D eigenvalue weighted by Crippen LogP contribution is 2.24. The van der Waals surface area contributed by atoms with Gasteiger partial charge in [0.15, 0.2) is 5.76 Å². The Kier molecular flexibility index (Phi) is 7.47. The van der Waals surface area contributed by atoms with E-state index in [2.05, 4.69) is 37.1 Å². The Bertz CT molecular complexity index is 1020. The molecule has 0 aliphatic carbocycles. The normalized spacial score (nSPS) is 14.8. The average molecular weight is 455 g/mol. The summed E-state index contributed by atoms with van der Waals surface area (Å²) in [5.74, 6) is 0.914. The molecule has 32 heavy (non-hydrogen) atoms. The minimum atomic E-state index is -0.352. The first-order valence-corrected chi connectivity index (χ1v) is 11.3. The lowest BCUT2D eigenvalue weighted by molar-refractivity contribution is -0.122. The largest absolute Gasteiger partial charge is 0.462 e. The number of carbonyl (C=O) groups excluding carboxylic acids is 1. The number of likely N-dealkylation sites (N-methyl/N-ethyl adjacent to an activating group) is 1. The molecular weight excluding hydrogens is 428 g/mol. The van der Waals surface area contributed by atoms with Crippen molar-refractivity contribution in [2.24, 2.45) is 0 Å². The Morgan fingerprint density at radius 1 is 1.31 bits per heavy atom. The van der Waals surface area contributed by atoms with E-state index in [1.165, 1.54) is 17.1 Å². The number of nitrogens with zero attached hydrogens (tertiary/aromatic N) is 4. The zero-order valence-corrected chi connectivity index (χ0v) is 18.6. The maximum Gasteiger partial charge on any atom is 0.246 e. The number of rotatable bonds is 11. The fourth-order valence-corrected chi connectivity index (χ4v) is 4.32. The van der Waals surface area contributed by atoms with Crippen LogP contribution in [0.1, 0.15) is 29.3 Å². The van der Waals surface area contributed by atoms with Gasteiger partial charge in [-0.1, -0.05) is 30.3 Å². The second kappa shape index (κ2) is 10.9. The lowest BCUT2D eigenvalue weighted by Crippen LogP contribution is -2.34. The van der Waals surface area contributed by atoms with Gasteiger partial charge in [-0.2, -0.15) is 4.37 Å². The summed E-state index contributed by atoms with van der Waals surface area (Å²) in [6, 6.07) is 10.3. The first kappa shape index (κ1) is 22.0. The van der Waals surface area contributed by atoms with Crippen LogP contribution in [0.25, 0.3) is 5.95 Å². The summed E-state index contributed by atoms with van der Waals surface area (Å²) in [5.41, 5.74) is 1.21. The minimum absolute atomic E-state index is 0.00715. The number of ether oxygens (including phenoxy) is 2. The van der Waals surface area contributed by atoms with Gasteiger partial charge >= 0.3 is 0 Å². The van der Waals surface area contributed by atoms with E-state index in [9.17, 15) is 4.79 Å². The van der Waals surface area contributed by atoms with Crippen molar-refractivity contribution in [3.63, 3.8) is 0 Å². The van der Waals surface area contributed by atoms with Gasteiger partial charge in [0.1, 0.15) is 17.6 Å². The molecule has 0 fully saturated rings. The Labute approximate surface area is 190 Å². The Hall–Kier alpha value is -3.24. The van der Waals surface area contributed by atoms with Crippen LogP contribution in [0.15, 0.2) is 61.1 Å². The molecular formula is C22H26N6O3S. The zero-order chi connectivity index (χ0) is 22.2. The van der Waals surface area contributed by atoms with Gasteiger partial charge < -0.3 is 20.1 Å². The number of hydrogen-bond donors (Lipinski definition) is 2. The van der Waals surface area contributed by atoms with E-state index in [1.807, 2.05) is 18.2 Å². The molecule has 9 nitrogen and oxygen atoms in total. The van der Waals surface area contributed by atoms with Crippen LogP contribution < -0.4 is 10.6 Å². The van der Waals surface area contributed by atoms with Gasteiger partial charge in [0.05, 0.1) is 12.0 Å². The number of aromatic nitrogens is 4. The third-order valence-corrected chi connectivity index (χ3v) is 6.02. The predicted molar refractivity (Wildman–Crippen MR) is 120 cm³/mol. The molecule has 3 aromatic rings. The standard InChI is InChI=1S/C22H26N6O3S/c1-23-20(29)17(21-26-22(27-32-21)28-11-10-24-14-28)8-5-9-25-18(19-13-30-15-31-19)12-16-6-3-2-4-7-16/h2-4,6-7,10-11,13-14,17-18,25H,5,8-9,12,15H2,1H3,(H,23,29). The molecule has 1 aromatic carbocycles. The Morgan fingerprint density at radius 3 is 2.91 bits per heavy atom. The summed E-state index contributed by atoms with van der Waals surface area (Å²) in [4.78, 5) is 21.1. The third-order valence-electron chi connectivity index (χ3n) is 5.21. The van der Waals surface area contributed by atoms with E-state index in [1.54, 1.807) is 36.6 Å². The van der Waals surface area contributed by atoms with Crippen molar-refractivity contribution in [2.45, 2.75) is 31.2 Å². The van der Waals surface area contributed by atoms with Crippen molar-refractivity contribution in [1.82, 2.24) is 29.5 Å². The van der Waals surface area contributed by atoms with Crippen LogP contribution in [0.5, 0.6) is 0 Å². The van der Waals surface area contributed by atoms with Crippen LogP contribution in [0.3, 0.4) is 0 Å². The van der Waals surface area contributed by atoms with Crippen molar-refractivity contribution < 1.29 is 14.3 Å². The van der Waals surface area contributed by atoms with E-state index in [-0.39, 0.29) is 24.7 Å². The highest BCUT2D eigenvalue weighted by atomic mass is 32.1. The molecule has 2 N–H and O–H groups in total. The maximum absolute atomic E-state index is 12.5. The minimum Gasteiger partial charge on any atom is -0.462 e. The number of amides is 1. The second-order valence-corrected chi connectivity index (χ2v) is 8.14. The molecule has 10 heteroatoms. The molecule has 2 atom stereocenters. The van der Waals surface area contributed by atoms with E-state index < -0.39 is 0 Å². The first-order chi connectivity index (χ1) is 15.7. The number of benzene rings is 1. The molecule has 4 rings (SSSR count). The average Bonchev–Trinajstić information content (AvgIpc) is 3.60. The van der Waals surface area contributed by atoms with Crippen molar-refractivity contribution >= 4 is 17.4 Å². The molecule has 2 aromatic heterocycles. The SMILES string of the molecule is CNC(=O)C(CCCNC(Cc1ccccc1)C1=COCO1)c1nc(-n2ccnc2)ns1. The molecule has 1 aliphatic heterocycles. The van der Waals surface area contributed by atoms with Gasteiger partial charge in [-0.3, -0.25) is 9.36 Å². The van der Waals surface area contributed by atoms with Crippen molar-refractivity contribution in [3.8, 4) is 5.95 Å². The monoisotopic (exact) mass is 454 g/mol. The smallest absolute Gasteiger partial charge is 0.246 e. The van der Waals surface area contributed by atoms with Gasteiger partial charge in [-0.25, -0.2) is 9.97 Å². The van der Waals surface area contributed by atoms with Crippen LogP contribution in [-0.4, -0.2) is 51.2 Å². The molecule has 1 aliphatic rings. The molecule has 0 saturated carbocycles. The first-order valence-electron chi connectivity index (χ1n) is 10.5. The quantitative estimate of drug-likeness (QED) is 0.429. The van der Waals surface area contributed by atoms with Crippen molar-refractivity contribution in [1.29, 1.82) is 0 Å². The topological polar surface area (TPSA) is 103 Å². The van der Waals surface area contributed by atoms with Crippen LogP contribution in [0.4, 0.5) is 0 Å². The van der Waals surface area contributed by atoms with Gasteiger partial charge in [0.2, 0.25) is 18.6 Å². The van der Waals surface area contributed by atoms with Gasteiger partial charge in [0.25, 0.3) is 0 Å². The fourth-order valence-electron chi connectivity index (χ4n) is 3.53. The third kappa shape index (κ3) is 5.51. The van der Waals surface area contributed by atoms with Gasteiger partial charge in [-0.15, -0.1) is 0 Å². The van der Waals surface area contributed by atoms with E-state index in [4.69, 9.17) is 9.47 Å². The lowest BCUT2D eigenvalue weighted by atomic mass is 10.0. The van der Waals surface area contributed by atoms with Crippen LogP contribution in [0, 0.1) is 0 Å². The summed E-state index contributed by atoms with van der Waals surface area (Å²) >= 11 is 1.25. The molecule has 1 amide bonds. The van der Waals surface area contributed by atoms with Crippen molar-refractivity contribution in [3.05, 3.63) is 71.6 Å². The number of hydrogen-bond acceptors (Lipinski definition) is 8. The van der Waals surface area contributed by atoms with Gasteiger partial charge in [-0.05, 0) is 42.9 Å². The number of carbonyl (C=O) groups is 1. The van der Waals surface area contributed by atoms with Gasteiger partial charge in [0, 0.05) is 19.4 Å². The highest BCUT2D eigenvalue weighted by Gasteiger charge is 2.25. The van der Waals surface area contributed by atoms with Crippen LogP contribution >= 0.6 is 11.5 Å². The maximum atomic E-state index is 12.5. The van der Waals surface area contributed by atoms with Crippen LogP contribution in [-0.2, 0) is 20.7 Å². The van der Waals surface area contributed by atoms with E-state index in [0.29, 0.717) is 17.4 Å². The predicted octanol–water partition coefficient (Wildman–Crippen LogP) is 2.38. The summed E-state index contributed by atoms with van der Waals surface area (Å²) in [7, 11) is 1.64. The summed E-state index contributed by atoms with van der Waals surface area (Å²) < 4.78 is 17.0. The Morgan fingerprint density at radius 2 is 2.19 bits per heavy atom. The van der Waals surface area contributed by atoms with E-state index >= 15 is 0 Å². The molecule has 0 spiro atoms. The lowest BCUT2D eigenvalue weighted by Gasteiger charge is -2.19. The Balaban J connectivity index is 1.36. The molecule has 0 bridgehead atoms. The second-order valence-electron chi connectivity index (χ2n) is 7.36. The fraction of sp³-hybridized carbons (Fsp3) is 0.364. The van der Waals surface area contributed by atoms with Crippen LogP contribution in [0.2, 0.25) is 0 Å². The summed E-state index contributed by atoms with van der Waals surface area (Å²) in [6.45, 7) is 0.968. The number of imidazole rings is 1. The number of nitrogens with one attached hydrogen (secondary N) is 2. The van der Waals surface area contributed by atoms with E-state index in [0.717, 1.165) is 25.1 Å². The van der Waals surface area contributed by atoms with Crippen molar-refractivity contribution in [2.75, 3.05) is 20.4 Å². The summed E-state index contributed by atoms with van der Waals surface area (Å²) in [6.07, 6.45) is 8.99.